The number of hydrogen-bond donors (Lipinski definition) is 1. The average Bonchev–Trinajstić information content (AvgIpc) is 3.47. The van der Waals surface area contributed by atoms with Crippen molar-refractivity contribution in [3.8, 4) is 0 Å². The summed E-state index contributed by atoms with van der Waals surface area (Å²) in [6.07, 6.45) is 13.2. The Balaban J connectivity index is 1.24. The van der Waals surface area contributed by atoms with Gasteiger partial charge in [-0.2, -0.15) is 0 Å². The van der Waals surface area contributed by atoms with Gasteiger partial charge in [-0.15, -0.1) is 0 Å². The maximum Gasteiger partial charge on any atom is 0.165 e. The molecule has 0 radical (unpaired) electrons. The number of aliphatic hydroxyl groups is 1. The van der Waals surface area contributed by atoms with E-state index >= 15 is 0 Å². The Morgan fingerprint density at radius 3 is 2.49 bits per heavy atom. The van der Waals surface area contributed by atoms with Gasteiger partial charge in [0.05, 0.1) is 23.4 Å². The van der Waals surface area contributed by atoms with Crippen LogP contribution in [-0.2, 0) is 9.47 Å². The number of carbonyl (C=O) groups is 1. The van der Waals surface area contributed by atoms with Crippen molar-refractivity contribution < 1.29 is 19.4 Å². The summed E-state index contributed by atoms with van der Waals surface area (Å²) in [6.45, 7) is 8.71. The maximum absolute atomic E-state index is 12.8. The van der Waals surface area contributed by atoms with Gasteiger partial charge in [-0.1, -0.05) is 43.3 Å². The molecule has 0 bridgehead atoms. The number of rotatable bonds is 3. The fraction of sp³-hybridized carbons (Fsp3) is 0.686. The zero-order chi connectivity index (χ0) is 26.6. The van der Waals surface area contributed by atoms with E-state index in [0.29, 0.717) is 17.6 Å². The van der Waals surface area contributed by atoms with Gasteiger partial charge >= 0.3 is 0 Å². The van der Waals surface area contributed by atoms with Crippen LogP contribution in [0.5, 0.6) is 0 Å². The van der Waals surface area contributed by atoms with E-state index in [0.717, 1.165) is 95.8 Å². The third-order valence-electron chi connectivity index (χ3n) is 12.7. The van der Waals surface area contributed by atoms with Crippen LogP contribution in [0.2, 0.25) is 0 Å². The highest BCUT2D eigenvalue weighted by Crippen LogP contribution is 2.71. The highest BCUT2D eigenvalue weighted by Gasteiger charge is 2.67. The second kappa shape index (κ2) is 8.39. The molecule has 4 heteroatoms. The fourth-order valence-corrected chi connectivity index (χ4v) is 10.7. The first-order chi connectivity index (χ1) is 18.8. The van der Waals surface area contributed by atoms with Gasteiger partial charge in [0, 0.05) is 35.8 Å². The molecule has 4 nitrogen and oxygen atoms in total. The van der Waals surface area contributed by atoms with Gasteiger partial charge in [-0.05, 0) is 106 Å². The highest BCUT2D eigenvalue weighted by atomic mass is 16.5. The highest BCUT2D eigenvalue weighted by molar-refractivity contribution is 5.99. The molecule has 39 heavy (non-hydrogen) atoms. The topological polar surface area (TPSA) is 55.8 Å². The molecule has 3 unspecified atom stereocenters. The largest absolute Gasteiger partial charge is 0.385 e. The van der Waals surface area contributed by atoms with E-state index in [4.69, 9.17) is 9.47 Å². The van der Waals surface area contributed by atoms with E-state index in [1.54, 1.807) is 5.57 Å². The number of ether oxygens (including phenoxy) is 2. The van der Waals surface area contributed by atoms with E-state index in [-0.39, 0.29) is 28.5 Å². The number of benzene rings is 1. The summed E-state index contributed by atoms with van der Waals surface area (Å²) in [6, 6.07) is 8.63. The Labute approximate surface area is 233 Å². The van der Waals surface area contributed by atoms with E-state index in [2.05, 4.69) is 37.8 Å². The number of Topliss-reactive ketones (excluding diaryl/α,β-unsaturated/α-hetero) is 1. The SMILES string of the molecule is C=C1CCO[C@]12CCC1C3CC[C@@]4(O)CC5(CCCO5)CCC4=C3[C@@H](c3ccc(C(=O)C4CC4)cc3)C[C@@]12C. The summed E-state index contributed by atoms with van der Waals surface area (Å²) in [5.74, 6) is 1.83. The third kappa shape index (κ3) is 3.44. The predicted octanol–water partition coefficient (Wildman–Crippen LogP) is 7.07. The first-order valence-corrected chi connectivity index (χ1v) is 15.8. The van der Waals surface area contributed by atoms with E-state index in [1.807, 2.05) is 0 Å². The van der Waals surface area contributed by atoms with Crippen LogP contribution in [0.4, 0.5) is 0 Å². The molecular weight excluding hydrogens is 484 g/mol. The van der Waals surface area contributed by atoms with E-state index < -0.39 is 5.60 Å². The normalized spacial score (nSPS) is 45.1. The Bertz CT molecular complexity index is 1250. The second-order valence-corrected chi connectivity index (χ2v) is 14.5. The molecule has 0 aromatic heterocycles. The average molecular weight is 529 g/mol. The minimum atomic E-state index is -0.744. The zero-order valence-corrected chi connectivity index (χ0v) is 23.6. The molecule has 8 rings (SSSR count). The summed E-state index contributed by atoms with van der Waals surface area (Å²) >= 11 is 0. The lowest BCUT2D eigenvalue weighted by molar-refractivity contribution is -0.108. The summed E-state index contributed by atoms with van der Waals surface area (Å²) in [4.78, 5) is 12.8. The van der Waals surface area contributed by atoms with Gasteiger partial charge in [-0.25, -0.2) is 0 Å². The van der Waals surface area contributed by atoms with Crippen LogP contribution < -0.4 is 0 Å². The minimum absolute atomic E-state index is 0.0301. The predicted molar refractivity (Wildman–Crippen MR) is 151 cm³/mol. The Kier molecular flexibility index (Phi) is 5.38. The molecule has 4 saturated carbocycles. The van der Waals surface area contributed by atoms with Crippen LogP contribution >= 0.6 is 0 Å². The van der Waals surface area contributed by atoms with Crippen LogP contribution in [0.3, 0.4) is 0 Å². The lowest BCUT2D eigenvalue weighted by Crippen LogP contribution is -2.55. The van der Waals surface area contributed by atoms with Crippen molar-refractivity contribution >= 4 is 5.78 Å². The molecule has 7 atom stereocenters. The number of allylic oxidation sites excluding steroid dienone is 1. The first-order valence-electron chi connectivity index (χ1n) is 15.8. The van der Waals surface area contributed by atoms with Crippen LogP contribution in [0.25, 0.3) is 0 Å². The molecule has 2 spiro atoms. The monoisotopic (exact) mass is 528 g/mol. The Morgan fingerprint density at radius 2 is 1.79 bits per heavy atom. The van der Waals surface area contributed by atoms with Gasteiger partial charge in [0.15, 0.2) is 5.78 Å². The molecular formula is C35H44O4. The first kappa shape index (κ1) is 25.0. The van der Waals surface area contributed by atoms with Gasteiger partial charge in [-0.3, -0.25) is 4.79 Å². The maximum atomic E-state index is 12.8. The van der Waals surface area contributed by atoms with Crippen molar-refractivity contribution in [2.24, 2.45) is 23.2 Å². The molecule has 2 aliphatic heterocycles. The zero-order valence-electron chi connectivity index (χ0n) is 23.6. The van der Waals surface area contributed by atoms with Gasteiger partial charge in [0.25, 0.3) is 0 Å². The van der Waals surface area contributed by atoms with Gasteiger partial charge in [0.2, 0.25) is 0 Å². The number of ketones is 1. The summed E-state index contributed by atoms with van der Waals surface area (Å²) in [7, 11) is 0. The van der Waals surface area contributed by atoms with Crippen LogP contribution in [0, 0.1) is 23.2 Å². The molecule has 1 N–H and O–H groups in total. The molecule has 2 saturated heterocycles. The molecule has 1 aromatic rings. The van der Waals surface area contributed by atoms with E-state index in [9.17, 15) is 9.90 Å². The summed E-state index contributed by atoms with van der Waals surface area (Å²) < 4.78 is 13.0. The van der Waals surface area contributed by atoms with Crippen LogP contribution in [0.15, 0.2) is 47.6 Å². The molecule has 6 fully saturated rings. The quantitative estimate of drug-likeness (QED) is 0.337. The van der Waals surface area contributed by atoms with Crippen molar-refractivity contribution in [1.82, 2.24) is 0 Å². The number of hydrogen-bond acceptors (Lipinski definition) is 4. The van der Waals surface area contributed by atoms with Crippen molar-refractivity contribution in [1.29, 1.82) is 0 Å². The molecule has 2 heterocycles. The standard InChI is InChI=1S/C35H44O4/c1-22-13-19-39-35(22)17-12-28-26-10-16-34(37)21-33(14-3-18-38-33)15-11-29(34)30(26)27(20-32(28,35)2)23-4-6-24(7-5-23)31(36)25-8-9-25/h4-7,25-28,37H,1,3,8-21H2,2H3/t26?,27-,28?,32+,33?,34-,35-/m1/s1. The van der Waals surface area contributed by atoms with Crippen LogP contribution in [0.1, 0.15) is 112 Å². The van der Waals surface area contributed by atoms with Gasteiger partial charge in [0.1, 0.15) is 0 Å². The lowest BCUT2D eigenvalue weighted by atomic mass is 9.49. The molecule has 208 valence electrons. The molecule has 1 aromatic carbocycles. The molecule has 5 aliphatic carbocycles. The third-order valence-corrected chi connectivity index (χ3v) is 12.7. The smallest absolute Gasteiger partial charge is 0.165 e. The fourth-order valence-electron chi connectivity index (χ4n) is 10.7. The second-order valence-electron chi connectivity index (χ2n) is 14.5. The van der Waals surface area contributed by atoms with Gasteiger partial charge < -0.3 is 14.6 Å². The van der Waals surface area contributed by atoms with Crippen molar-refractivity contribution in [3.63, 3.8) is 0 Å². The Hall–Kier alpha value is -1.75. The van der Waals surface area contributed by atoms with Crippen molar-refractivity contribution in [2.45, 2.75) is 113 Å². The van der Waals surface area contributed by atoms with E-state index in [1.165, 1.54) is 23.1 Å². The molecule has 0 amide bonds. The number of carbonyl (C=O) groups excluding carboxylic acids is 1. The summed E-state index contributed by atoms with van der Waals surface area (Å²) in [5, 5.41) is 12.3. The summed E-state index contributed by atoms with van der Waals surface area (Å²) in [5.41, 5.74) is 5.31. The van der Waals surface area contributed by atoms with Crippen LogP contribution in [-0.4, -0.2) is 40.9 Å². The van der Waals surface area contributed by atoms with Crippen molar-refractivity contribution in [2.75, 3.05) is 13.2 Å². The van der Waals surface area contributed by atoms with Crippen molar-refractivity contribution in [3.05, 3.63) is 58.7 Å². The molecule has 7 aliphatic rings. The lowest BCUT2D eigenvalue weighted by Gasteiger charge is -2.58. The Morgan fingerprint density at radius 1 is 0.974 bits per heavy atom. The minimum Gasteiger partial charge on any atom is -0.385 e. The number of fused-ring (bicyclic) bond motifs is 5.